The molecule has 0 unspecified atom stereocenters. The number of para-hydroxylation sites is 1. The molecule has 0 N–H and O–H groups in total. The van der Waals surface area contributed by atoms with E-state index in [1.54, 1.807) is 16.2 Å². The SMILES string of the molecule is CCc1ccc(N(C(=O)Cc2csc(CC)n2)c2nc3ccccc3s2)cc1. The number of amides is 1. The largest absolute Gasteiger partial charge is 0.274 e. The number of aryl methyl sites for hydroxylation is 2. The molecule has 28 heavy (non-hydrogen) atoms. The number of nitrogens with zero attached hydrogens (tertiary/aromatic N) is 3. The number of rotatable bonds is 6. The van der Waals surface area contributed by atoms with E-state index in [9.17, 15) is 4.79 Å². The average molecular weight is 408 g/mol. The quantitative estimate of drug-likeness (QED) is 0.407. The summed E-state index contributed by atoms with van der Waals surface area (Å²) >= 11 is 3.14. The molecule has 2 aromatic heterocycles. The minimum atomic E-state index is -0.0174. The van der Waals surface area contributed by atoms with E-state index >= 15 is 0 Å². The number of hydrogen-bond donors (Lipinski definition) is 0. The summed E-state index contributed by atoms with van der Waals surface area (Å²) < 4.78 is 1.07. The van der Waals surface area contributed by atoms with Crippen LogP contribution >= 0.6 is 22.7 Å². The van der Waals surface area contributed by atoms with E-state index in [4.69, 9.17) is 4.98 Å². The van der Waals surface area contributed by atoms with Crippen LogP contribution in [-0.2, 0) is 24.1 Å². The van der Waals surface area contributed by atoms with Crippen molar-refractivity contribution in [3.8, 4) is 0 Å². The van der Waals surface area contributed by atoms with Gasteiger partial charge in [-0.25, -0.2) is 9.97 Å². The molecule has 0 fully saturated rings. The maximum atomic E-state index is 13.3. The summed E-state index contributed by atoms with van der Waals surface area (Å²) in [5.41, 5.74) is 3.82. The average Bonchev–Trinajstić information content (AvgIpc) is 3.35. The van der Waals surface area contributed by atoms with Gasteiger partial charge in [0, 0.05) is 5.38 Å². The van der Waals surface area contributed by atoms with E-state index in [1.165, 1.54) is 16.9 Å². The van der Waals surface area contributed by atoms with Crippen molar-refractivity contribution < 1.29 is 4.79 Å². The first kappa shape index (κ1) is 18.8. The fourth-order valence-corrected chi connectivity index (χ4v) is 4.77. The van der Waals surface area contributed by atoms with Crippen molar-refractivity contribution in [2.24, 2.45) is 0 Å². The van der Waals surface area contributed by atoms with Crippen LogP contribution in [0.5, 0.6) is 0 Å². The van der Waals surface area contributed by atoms with Crippen LogP contribution in [0.15, 0.2) is 53.9 Å². The molecule has 0 atom stereocenters. The predicted octanol–water partition coefficient (Wildman–Crippen LogP) is 5.79. The molecule has 142 valence electrons. The lowest BCUT2D eigenvalue weighted by Gasteiger charge is -2.20. The van der Waals surface area contributed by atoms with Crippen molar-refractivity contribution >= 4 is 49.6 Å². The third-order valence-electron chi connectivity index (χ3n) is 4.56. The fraction of sp³-hybridized carbons (Fsp3) is 0.227. The minimum absolute atomic E-state index is 0.0174. The van der Waals surface area contributed by atoms with E-state index in [0.29, 0.717) is 5.13 Å². The van der Waals surface area contributed by atoms with Gasteiger partial charge in [0.25, 0.3) is 0 Å². The van der Waals surface area contributed by atoms with E-state index in [1.807, 2.05) is 41.8 Å². The zero-order chi connectivity index (χ0) is 19.5. The Bertz CT molecular complexity index is 1070. The lowest BCUT2D eigenvalue weighted by atomic mass is 10.1. The summed E-state index contributed by atoms with van der Waals surface area (Å²) in [5.74, 6) is -0.0174. The highest BCUT2D eigenvalue weighted by atomic mass is 32.1. The molecule has 4 aromatic rings. The van der Waals surface area contributed by atoms with Crippen molar-refractivity contribution in [3.05, 3.63) is 70.2 Å². The van der Waals surface area contributed by atoms with Crippen molar-refractivity contribution in [3.63, 3.8) is 0 Å². The summed E-state index contributed by atoms with van der Waals surface area (Å²) in [6.07, 6.45) is 2.12. The van der Waals surface area contributed by atoms with Crippen molar-refractivity contribution in [2.45, 2.75) is 33.1 Å². The Morgan fingerprint density at radius 2 is 1.79 bits per heavy atom. The van der Waals surface area contributed by atoms with Crippen LogP contribution in [0.4, 0.5) is 10.8 Å². The van der Waals surface area contributed by atoms with Gasteiger partial charge >= 0.3 is 0 Å². The van der Waals surface area contributed by atoms with Crippen LogP contribution in [-0.4, -0.2) is 15.9 Å². The Morgan fingerprint density at radius 3 is 2.46 bits per heavy atom. The zero-order valence-corrected chi connectivity index (χ0v) is 17.5. The first-order valence-electron chi connectivity index (χ1n) is 9.38. The van der Waals surface area contributed by atoms with Crippen LogP contribution in [0.2, 0.25) is 0 Å². The van der Waals surface area contributed by atoms with Gasteiger partial charge in [-0.1, -0.05) is 49.4 Å². The van der Waals surface area contributed by atoms with Gasteiger partial charge in [0.15, 0.2) is 5.13 Å². The molecule has 0 aliphatic carbocycles. The molecular formula is C22H21N3OS2. The molecule has 4 rings (SSSR count). The Hall–Kier alpha value is -2.57. The standard InChI is InChI=1S/C22H21N3OS2/c1-3-15-9-11-17(12-10-15)25(21(26)13-16-14-27-20(4-2)23-16)22-24-18-7-5-6-8-19(18)28-22/h5-12,14H,3-4,13H2,1-2H3. The molecule has 0 aliphatic heterocycles. The highest BCUT2D eigenvalue weighted by Gasteiger charge is 2.23. The minimum Gasteiger partial charge on any atom is -0.274 e. The Balaban J connectivity index is 1.72. The van der Waals surface area contributed by atoms with Crippen LogP contribution in [0.3, 0.4) is 0 Å². The number of carbonyl (C=O) groups is 1. The van der Waals surface area contributed by atoms with E-state index < -0.39 is 0 Å². The maximum Gasteiger partial charge on any atom is 0.239 e. The molecule has 0 spiro atoms. The Morgan fingerprint density at radius 1 is 1.00 bits per heavy atom. The van der Waals surface area contributed by atoms with Crippen molar-refractivity contribution in [2.75, 3.05) is 4.90 Å². The number of fused-ring (bicyclic) bond motifs is 1. The number of aromatic nitrogens is 2. The summed E-state index contributed by atoms with van der Waals surface area (Å²) in [7, 11) is 0. The second-order valence-corrected chi connectivity index (χ2v) is 8.43. The second-order valence-electron chi connectivity index (χ2n) is 6.48. The number of hydrogen-bond acceptors (Lipinski definition) is 5. The molecule has 0 bridgehead atoms. The molecule has 6 heteroatoms. The normalized spacial score (nSPS) is 11.1. The molecule has 0 saturated carbocycles. The van der Waals surface area contributed by atoms with Gasteiger partial charge < -0.3 is 0 Å². The molecule has 0 radical (unpaired) electrons. The molecule has 4 nitrogen and oxygen atoms in total. The van der Waals surface area contributed by atoms with Crippen LogP contribution in [0.25, 0.3) is 10.2 Å². The van der Waals surface area contributed by atoms with E-state index in [2.05, 4.69) is 31.0 Å². The third kappa shape index (κ3) is 3.84. The highest BCUT2D eigenvalue weighted by Crippen LogP contribution is 2.34. The molecule has 2 heterocycles. The fourth-order valence-electron chi connectivity index (χ4n) is 3.02. The predicted molar refractivity (Wildman–Crippen MR) is 118 cm³/mol. The third-order valence-corrected chi connectivity index (χ3v) is 6.62. The van der Waals surface area contributed by atoms with E-state index in [0.717, 1.165) is 39.4 Å². The molecule has 2 aromatic carbocycles. The monoisotopic (exact) mass is 407 g/mol. The van der Waals surface area contributed by atoms with Gasteiger partial charge in [0.2, 0.25) is 5.91 Å². The topological polar surface area (TPSA) is 46.1 Å². The Labute approximate surface area is 172 Å². The van der Waals surface area contributed by atoms with Crippen molar-refractivity contribution in [1.29, 1.82) is 0 Å². The Kier molecular flexibility index (Phi) is 5.50. The maximum absolute atomic E-state index is 13.3. The van der Waals surface area contributed by atoms with Gasteiger partial charge in [0.1, 0.15) is 0 Å². The molecule has 1 amide bonds. The van der Waals surface area contributed by atoms with Gasteiger partial charge in [-0.15, -0.1) is 11.3 Å². The summed E-state index contributed by atoms with van der Waals surface area (Å²) in [6, 6.07) is 16.1. The van der Waals surface area contributed by atoms with Crippen molar-refractivity contribution in [1.82, 2.24) is 9.97 Å². The zero-order valence-electron chi connectivity index (χ0n) is 15.9. The lowest BCUT2D eigenvalue weighted by molar-refractivity contribution is -0.117. The van der Waals surface area contributed by atoms with Gasteiger partial charge in [-0.3, -0.25) is 9.69 Å². The first-order valence-corrected chi connectivity index (χ1v) is 11.1. The van der Waals surface area contributed by atoms with Crippen LogP contribution < -0.4 is 4.90 Å². The summed E-state index contributed by atoms with van der Waals surface area (Å²) in [5, 5.41) is 3.73. The molecule has 0 aliphatic rings. The summed E-state index contributed by atoms with van der Waals surface area (Å²) in [6.45, 7) is 4.20. The molecule has 0 saturated heterocycles. The first-order chi connectivity index (χ1) is 13.7. The van der Waals surface area contributed by atoms with Gasteiger partial charge in [-0.05, 0) is 42.7 Å². The smallest absolute Gasteiger partial charge is 0.239 e. The van der Waals surface area contributed by atoms with Crippen LogP contribution in [0, 0.1) is 0 Å². The number of thiazole rings is 2. The summed E-state index contributed by atoms with van der Waals surface area (Å²) in [4.78, 5) is 24.3. The number of benzene rings is 2. The van der Waals surface area contributed by atoms with Crippen LogP contribution in [0.1, 0.15) is 30.1 Å². The lowest BCUT2D eigenvalue weighted by Crippen LogP contribution is -2.27. The highest BCUT2D eigenvalue weighted by molar-refractivity contribution is 7.22. The molecular weight excluding hydrogens is 386 g/mol. The number of carbonyl (C=O) groups excluding carboxylic acids is 1. The van der Waals surface area contributed by atoms with Gasteiger partial charge in [0.05, 0.1) is 33.0 Å². The number of anilines is 2. The van der Waals surface area contributed by atoms with E-state index in [-0.39, 0.29) is 12.3 Å². The second kappa shape index (κ2) is 8.20. The van der Waals surface area contributed by atoms with Gasteiger partial charge in [-0.2, -0.15) is 0 Å².